The number of rotatable bonds is 0. The van der Waals surface area contributed by atoms with Gasteiger partial charge in [-0.1, -0.05) is 11.6 Å². The van der Waals surface area contributed by atoms with Gasteiger partial charge in [0.25, 0.3) is 0 Å². The van der Waals surface area contributed by atoms with E-state index in [4.69, 9.17) is 11.6 Å². The fraction of sp³-hybridized carbons (Fsp3) is 0.833. The molecule has 0 aromatic rings. The van der Waals surface area contributed by atoms with Gasteiger partial charge >= 0.3 is 0 Å². The molecule has 3 heteroatoms. The summed E-state index contributed by atoms with van der Waals surface area (Å²) in [5, 5.41) is 0. The maximum atomic E-state index is 10.8. The van der Waals surface area contributed by atoms with Crippen LogP contribution in [0, 0.1) is 0 Å². The minimum Gasteiger partial charge on any atom is -0.329 e. The molecule has 1 aliphatic heterocycles. The first-order valence-corrected chi connectivity index (χ1v) is 3.55. The first-order chi connectivity index (χ1) is 4.22. The first-order valence-electron chi connectivity index (χ1n) is 3.11. The first kappa shape index (κ1) is 6.87. The lowest BCUT2D eigenvalue weighted by Crippen LogP contribution is -2.36. The fourth-order valence-corrected chi connectivity index (χ4v) is 1.21. The molecule has 1 aliphatic rings. The molecule has 0 radical (unpaired) electrons. The van der Waals surface area contributed by atoms with E-state index in [-0.39, 0.29) is 11.4 Å². The lowest BCUT2D eigenvalue weighted by atomic mass is 10.1. The van der Waals surface area contributed by atoms with E-state index < -0.39 is 0 Å². The molecule has 0 aliphatic carbocycles. The molecule has 0 aromatic carbocycles. The minimum atomic E-state index is -0.0637. The van der Waals surface area contributed by atoms with Crippen LogP contribution >= 0.6 is 11.6 Å². The van der Waals surface area contributed by atoms with Crippen LogP contribution in [0.3, 0.4) is 0 Å². The minimum absolute atomic E-state index is 0.0637. The molecular weight excluding hydrogens is 138 g/mol. The molecule has 1 amide bonds. The molecular formula is C6H10ClNO. The van der Waals surface area contributed by atoms with E-state index in [1.165, 1.54) is 0 Å². The second kappa shape index (κ2) is 2.56. The molecule has 2 nitrogen and oxygen atoms in total. The monoisotopic (exact) mass is 147 g/mol. The number of carbonyl (C=O) groups is 1. The Kier molecular flexibility index (Phi) is 1.96. The third-order valence-electron chi connectivity index (χ3n) is 1.65. The number of piperidine rings is 1. The van der Waals surface area contributed by atoms with Crippen LogP contribution in [-0.4, -0.2) is 23.4 Å². The second-order valence-corrected chi connectivity index (χ2v) is 2.84. The third kappa shape index (κ3) is 1.36. The van der Waals surface area contributed by atoms with Crippen molar-refractivity contribution in [3.8, 4) is 0 Å². The number of carbonyl (C=O) groups excluding carboxylic acids is 1. The Bertz CT molecular complexity index is 126. The summed E-state index contributed by atoms with van der Waals surface area (Å²) in [6.07, 6.45) is 2.54. The molecule has 1 rings (SSSR count). The van der Waals surface area contributed by atoms with Crippen molar-refractivity contribution >= 4 is 17.5 Å². The lowest BCUT2D eigenvalue weighted by molar-refractivity contribution is -0.132. The Labute approximate surface area is 59.8 Å². The Balaban J connectivity index is 2.51. The molecule has 9 heavy (non-hydrogen) atoms. The smallest absolute Gasteiger partial charge is 0.223 e. The van der Waals surface area contributed by atoms with Gasteiger partial charge in [-0.15, -0.1) is 0 Å². The highest BCUT2D eigenvalue weighted by Gasteiger charge is 2.21. The summed E-state index contributed by atoms with van der Waals surface area (Å²) in [5.74, 6) is 0.168. The average molecular weight is 148 g/mol. The molecule has 0 N–H and O–H groups in total. The van der Waals surface area contributed by atoms with Gasteiger partial charge < -0.3 is 4.90 Å². The molecule has 1 atom stereocenters. The van der Waals surface area contributed by atoms with Gasteiger partial charge in [-0.25, -0.2) is 0 Å². The molecule has 52 valence electrons. The number of hydrogen-bond acceptors (Lipinski definition) is 1. The van der Waals surface area contributed by atoms with Gasteiger partial charge in [0.2, 0.25) is 5.91 Å². The second-order valence-electron chi connectivity index (χ2n) is 2.33. The number of likely N-dealkylation sites (tertiary alicyclic amines) is 1. The van der Waals surface area contributed by atoms with Gasteiger partial charge in [0.1, 0.15) is 5.50 Å². The van der Waals surface area contributed by atoms with Gasteiger partial charge in [0, 0.05) is 13.5 Å². The lowest BCUT2D eigenvalue weighted by Gasteiger charge is -2.27. The van der Waals surface area contributed by atoms with E-state index in [0.717, 1.165) is 12.8 Å². The van der Waals surface area contributed by atoms with Crippen molar-refractivity contribution in [2.24, 2.45) is 0 Å². The van der Waals surface area contributed by atoms with Crippen molar-refractivity contribution in [3.63, 3.8) is 0 Å². The van der Waals surface area contributed by atoms with Crippen LogP contribution in [0.5, 0.6) is 0 Å². The number of halogens is 1. The Morgan fingerprint density at radius 1 is 1.78 bits per heavy atom. The standard InChI is InChI=1S/C6H10ClNO/c1-8-5(7)3-2-4-6(8)9/h5H,2-4H2,1H3. The largest absolute Gasteiger partial charge is 0.329 e. The topological polar surface area (TPSA) is 20.3 Å². The van der Waals surface area contributed by atoms with Gasteiger partial charge in [-0.3, -0.25) is 4.79 Å². The van der Waals surface area contributed by atoms with E-state index in [2.05, 4.69) is 0 Å². The summed E-state index contributed by atoms with van der Waals surface area (Å²) < 4.78 is 0. The summed E-state index contributed by atoms with van der Waals surface area (Å²) in [6.45, 7) is 0. The number of alkyl halides is 1. The Hall–Kier alpha value is -0.240. The summed E-state index contributed by atoms with van der Waals surface area (Å²) in [6, 6.07) is 0. The van der Waals surface area contributed by atoms with E-state index in [1.54, 1.807) is 11.9 Å². The third-order valence-corrected chi connectivity index (χ3v) is 2.16. The van der Waals surface area contributed by atoms with E-state index in [0.29, 0.717) is 6.42 Å². The maximum absolute atomic E-state index is 10.8. The SMILES string of the molecule is CN1C(=O)CCCC1Cl. The van der Waals surface area contributed by atoms with Crippen LogP contribution in [0.25, 0.3) is 0 Å². The zero-order valence-corrected chi connectivity index (χ0v) is 6.19. The Morgan fingerprint density at radius 3 is 2.89 bits per heavy atom. The van der Waals surface area contributed by atoms with Crippen LogP contribution < -0.4 is 0 Å². The van der Waals surface area contributed by atoms with Crippen LogP contribution in [0.4, 0.5) is 0 Å². The highest BCUT2D eigenvalue weighted by Crippen LogP contribution is 2.18. The number of nitrogens with zero attached hydrogens (tertiary/aromatic N) is 1. The summed E-state index contributed by atoms with van der Waals surface area (Å²) in [5.41, 5.74) is -0.0637. The van der Waals surface area contributed by atoms with Crippen LogP contribution in [0.2, 0.25) is 0 Å². The summed E-state index contributed by atoms with van der Waals surface area (Å²) in [4.78, 5) is 12.4. The van der Waals surface area contributed by atoms with Crippen LogP contribution in [0.1, 0.15) is 19.3 Å². The highest BCUT2D eigenvalue weighted by atomic mass is 35.5. The maximum Gasteiger partial charge on any atom is 0.223 e. The van der Waals surface area contributed by atoms with E-state index >= 15 is 0 Å². The van der Waals surface area contributed by atoms with Gasteiger partial charge in [0.05, 0.1) is 0 Å². The predicted octanol–water partition coefficient (Wildman–Crippen LogP) is 1.19. The van der Waals surface area contributed by atoms with Crippen molar-refractivity contribution in [1.29, 1.82) is 0 Å². The van der Waals surface area contributed by atoms with Crippen molar-refractivity contribution in [1.82, 2.24) is 4.90 Å². The Morgan fingerprint density at radius 2 is 2.44 bits per heavy atom. The molecule has 0 spiro atoms. The van der Waals surface area contributed by atoms with Crippen LogP contribution in [0.15, 0.2) is 0 Å². The fourth-order valence-electron chi connectivity index (χ4n) is 0.948. The normalized spacial score (nSPS) is 28.9. The molecule has 0 bridgehead atoms. The molecule has 0 aromatic heterocycles. The van der Waals surface area contributed by atoms with Crippen molar-refractivity contribution in [3.05, 3.63) is 0 Å². The van der Waals surface area contributed by atoms with Crippen molar-refractivity contribution in [2.75, 3.05) is 7.05 Å². The summed E-state index contributed by atoms with van der Waals surface area (Å²) in [7, 11) is 1.75. The van der Waals surface area contributed by atoms with E-state index in [1.807, 2.05) is 0 Å². The highest BCUT2D eigenvalue weighted by molar-refractivity contribution is 6.21. The molecule has 1 saturated heterocycles. The quantitative estimate of drug-likeness (QED) is 0.373. The number of hydrogen-bond donors (Lipinski definition) is 0. The van der Waals surface area contributed by atoms with Gasteiger partial charge in [0.15, 0.2) is 0 Å². The molecule has 1 heterocycles. The van der Waals surface area contributed by atoms with Gasteiger partial charge in [-0.05, 0) is 12.8 Å². The van der Waals surface area contributed by atoms with Crippen molar-refractivity contribution in [2.45, 2.75) is 24.8 Å². The van der Waals surface area contributed by atoms with Crippen molar-refractivity contribution < 1.29 is 4.79 Å². The van der Waals surface area contributed by atoms with Gasteiger partial charge in [-0.2, -0.15) is 0 Å². The number of amides is 1. The molecule has 1 unspecified atom stereocenters. The zero-order valence-electron chi connectivity index (χ0n) is 5.43. The average Bonchev–Trinajstić information content (AvgIpc) is 1.83. The van der Waals surface area contributed by atoms with E-state index in [9.17, 15) is 4.79 Å². The zero-order chi connectivity index (χ0) is 6.85. The molecule has 0 saturated carbocycles. The van der Waals surface area contributed by atoms with Crippen LogP contribution in [-0.2, 0) is 4.79 Å². The molecule has 1 fully saturated rings. The summed E-state index contributed by atoms with van der Waals surface area (Å²) >= 11 is 5.77. The predicted molar refractivity (Wildman–Crippen MR) is 36.3 cm³/mol.